The minimum absolute atomic E-state index is 0.317. The summed E-state index contributed by atoms with van der Waals surface area (Å²) >= 11 is 2.87. The second-order valence-corrected chi connectivity index (χ2v) is 8.30. The molecule has 28 heavy (non-hydrogen) atoms. The minimum atomic E-state index is -0.317. The van der Waals surface area contributed by atoms with Gasteiger partial charge in [0.05, 0.1) is 21.5 Å². The lowest BCUT2D eigenvalue weighted by Crippen LogP contribution is -2.08. The first-order chi connectivity index (χ1) is 13.6. The molecule has 2 aromatic carbocycles. The van der Waals surface area contributed by atoms with Crippen LogP contribution in [0.5, 0.6) is 0 Å². The number of hydrogen-bond donors (Lipinski definition) is 0. The molecule has 0 unspecified atom stereocenters. The van der Waals surface area contributed by atoms with Crippen LogP contribution in [0.15, 0.2) is 52.7 Å². The van der Waals surface area contributed by atoms with E-state index >= 15 is 0 Å². The SMILES string of the molecule is CCOC(=O)c1cc2c(N(C)C)ccc(N=Nc3nc4ccccc4s3)c2s1. The highest BCUT2D eigenvalue weighted by Gasteiger charge is 2.17. The van der Waals surface area contributed by atoms with Crippen molar-refractivity contribution in [3.05, 3.63) is 47.3 Å². The van der Waals surface area contributed by atoms with Gasteiger partial charge in [-0.3, -0.25) is 0 Å². The lowest BCUT2D eigenvalue weighted by Gasteiger charge is -2.14. The van der Waals surface area contributed by atoms with Gasteiger partial charge in [-0.1, -0.05) is 23.5 Å². The van der Waals surface area contributed by atoms with E-state index in [2.05, 4.69) is 15.2 Å². The number of aromatic nitrogens is 1. The molecule has 4 rings (SSSR count). The first-order valence-corrected chi connectivity index (χ1v) is 10.4. The van der Waals surface area contributed by atoms with E-state index in [4.69, 9.17) is 4.74 Å². The molecule has 2 heterocycles. The Morgan fingerprint density at radius 1 is 1.14 bits per heavy atom. The maximum absolute atomic E-state index is 12.2. The van der Waals surface area contributed by atoms with Crippen molar-refractivity contribution < 1.29 is 9.53 Å². The molecule has 0 aliphatic heterocycles. The summed E-state index contributed by atoms with van der Waals surface area (Å²) in [5.41, 5.74) is 2.64. The molecule has 0 saturated heterocycles. The summed E-state index contributed by atoms with van der Waals surface area (Å²) in [5, 5.41) is 10.3. The van der Waals surface area contributed by atoms with Crippen LogP contribution in [0.2, 0.25) is 0 Å². The minimum Gasteiger partial charge on any atom is -0.462 e. The van der Waals surface area contributed by atoms with E-state index in [1.807, 2.05) is 61.5 Å². The third-order valence-corrected chi connectivity index (χ3v) is 6.18. The van der Waals surface area contributed by atoms with Gasteiger partial charge in [-0.05, 0) is 37.3 Å². The summed E-state index contributed by atoms with van der Waals surface area (Å²) in [6.07, 6.45) is 0. The van der Waals surface area contributed by atoms with E-state index in [9.17, 15) is 4.79 Å². The molecule has 6 nitrogen and oxygen atoms in total. The zero-order chi connectivity index (χ0) is 19.7. The Kier molecular flexibility index (Phi) is 5.06. The number of carbonyl (C=O) groups is 1. The number of hydrogen-bond acceptors (Lipinski definition) is 8. The Balaban J connectivity index is 1.77. The second-order valence-electron chi connectivity index (χ2n) is 6.24. The number of carbonyl (C=O) groups excluding carboxylic acids is 1. The molecular formula is C20H18N4O2S2. The first kappa shape index (κ1) is 18.5. The molecule has 0 spiro atoms. The average Bonchev–Trinajstić information content (AvgIpc) is 3.30. The lowest BCUT2D eigenvalue weighted by atomic mass is 10.2. The summed E-state index contributed by atoms with van der Waals surface area (Å²) in [5.74, 6) is -0.317. The highest BCUT2D eigenvalue weighted by atomic mass is 32.1. The van der Waals surface area contributed by atoms with Gasteiger partial charge >= 0.3 is 5.97 Å². The number of anilines is 1. The Hall–Kier alpha value is -2.84. The number of nitrogens with zero attached hydrogens (tertiary/aromatic N) is 4. The molecule has 0 N–H and O–H groups in total. The maximum atomic E-state index is 12.2. The molecule has 0 radical (unpaired) electrons. The van der Waals surface area contributed by atoms with Crippen molar-refractivity contribution in [3.63, 3.8) is 0 Å². The highest BCUT2D eigenvalue weighted by molar-refractivity contribution is 7.22. The number of thiazole rings is 1. The van der Waals surface area contributed by atoms with Crippen molar-refractivity contribution in [1.82, 2.24) is 4.98 Å². The van der Waals surface area contributed by atoms with Gasteiger partial charge in [0.2, 0.25) is 5.13 Å². The third-order valence-electron chi connectivity index (χ3n) is 4.12. The number of benzene rings is 2. The largest absolute Gasteiger partial charge is 0.462 e. The van der Waals surface area contributed by atoms with E-state index in [0.29, 0.717) is 22.3 Å². The van der Waals surface area contributed by atoms with E-state index in [-0.39, 0.29) is 5.97 Å². The number of fused-ring (bicyclic) bond motifs is 2. The predicted molar refractivity (Wildman–Crippen MR) is 116 cm³/mol. The van der Waals surface area contributed by atoms with Crippen LogP contribution in [0.4, 0.5) is 16.5 Å². The van der Waals surface area contributed by atoms with E-state index in [0.717, 1.165) is 26.0 Å². The molecule has 0 amide bonds. The Bertz CT molecular complexity index is 1160. The summed E-state index contributed by atoms with van der Waals surface area (Å²) in [6, 6.07) is 13.7. The number of ether oxygens (including phenoxy) is 1. The number of para-hydroxylation sites is 1. The third kappa shape index (κ3) is 3.48. The lowest BCUT2D eigenvalue weighted by molar-refractivity contribution is 0.0532. The van der Waals surface area contributed by atoms with Crippen molar-refractivity contribution in [1.29, 1.82) is 0 Å². The zero-order valence-corrected chi connectivity index (χ0v) is 17.3. The van der Waals surface area contributed by atoms with Crippen LogP contribution in [0.25, 0.3) is 20.3 Å². The molecular weight excluding hydrogens is 392 g/mol. The summed E-state index contributed by atoms with van der Waals surface area (Å²) in [6.45, 7) is 2.14. The van der Waals surface area contributed by atoms with Crippen LogP contribution in [-0.2, 0) is 4.74 Å². The van der Waals surface area contributed by atoms with Crippen LogP contribution in [0.3, 0.4) is 0 Å². The Morgan fingerprint density at radius 3 is 2.71 bits per heavy atom. The van der Waals surface area contributed by atoms with Crippen LogP contribution < -0.4 is 4.90 Å². The molecule has 4 aromatic rings. The van der Waals surface area contributed by atoms with Gasteiger partial charge < -0.3 is 9.64 Å². The number of esters is 1. The second kappa shape index (κ2) is 7.65. The fraction of sp³-hybridized carbons (Fsp3) is 0.200. The van der Waals surface area contributed by atoms with Gasteiger partial charge in [0.15, 0.2) is 0 Å². The number of rotatable bonds is 5. The fourth-order valence-electron chi connectivity index (χ4n) is 2.87. The quantitative estimate of drug-likeness (QED) is 0.291. The molecule has 0 atom stereocenters. The predicted octanol–water partition coefficient (Wildman–Crippen LogP) is 6.17. The molecule has 142 valence electrons. The van der Waals surface area contributed by atoms with E-state index in [1.165, 1.54) is 22.7 Å². The standard InChI is InChI=1S/C20H18N4O2S2/c1-4-26-19(25)17-11-12-15(24(2)3)10-9-14(18(12)27-17)22-23-20-21-13-7-5-6-8-16(13)28-20/h5-11H,4H2,1-3H3. The molecule has 0 aliphatic rings. The molecule has 0 fully saturated rings. The Labute approximate surface area is 170 Å². The molecule has 0 saturated carbocycles. The van der Waals surface area contributed by atoms with Gasteiger partial charge in [0.1, 0.15) is 10.6 Å². The van der Waals surface area contributed by atoms with Crippen LogP contribution in [0.1, 0.15) is 16.6 Å². The van der Waals surface area contributed by atoms with Crippen LogP contribution in [0, 0.1) is 0 Å². The first-order valence-electron chi connectivity index (χ1n) is 8.75. The van der Waals surface area contributed by atoms with E-state index < -0.39 is 0 Å². The normalized spacial score (nSPS) is 11.5. The van der Waals surface area contributed by atoms with Crippen molar-refractivity contribution >= 4 is 65.5 Å². The summed E-state index contributed by atoms with van der Waals surface area (Å²) in [7, 11) is 3.94. The van der Waals surface area contributed by atoms with Gasteiger partial charge in [-0.15, -0.1) is 21.6 Å². The maximum Gasteiger partial charge on any atom is 0.348 e. The molecule has 0 bridgehead atoms. The van der Waals surface area contributed by atoms with Gasteiger partial charge in [0.25, 0.3) is 0 Å². The van der Waals surface area contributed by atoms with Crippen LogP contribution >= 0.6 is 22.7 Å². The zero-order valence-electron chi connectivity index (χ0n) is 15.7. The van der Waals surface area contributed by atoms with Crippen LogP contribution in [-0.4, -0.2) is 31.7 Å². The molecule has 0 aliphatic carbocycles. The Morgan fingerprint density at radius 2 is 1.96 bits per heavy atom. The van der Waals surface area contributed by atoms with Gasteiger partial charge in [0, 0.05) is 25.2 Å². The van der Waals surface area contributed by atoms with Crippen molar-refractivity contribution in [2.75, 3.05) is 25.6 Å². The summed E-state index contributed by atoms with van der Waals surface area (Å²) in [4.78, 5) is 19.3. The van der Waals surface area contributed by atoms with E-state index in [1.54, 1.807) is 6.92 Å². The van der Waals surface area contributed by atoms with Gasteiger partial charge in [-0.2, -0.15) is 0 Å². The smallest absolute Gasteiger partial charge is 0.348 e. The topological polar surface area (TPSA) is 67.2 Å². The van der Waals surface area contributed by atoms with Gasteiger partial charge in [-0.25, -0.2) is 9.78 Å². The number of thiophene rings is 1. The molecule has 2 aromatic heterocycles. The van der Waals surface area contributed by atoms with Crippen molar-refractivity contribution in [2.45, 2.75) is 6.92 Å². The fourth-order valence-corrected chi connectivity index (χ4v) is 4.68. The number of azo groups is 1. The van der Waals surface area contributed by atoms with Crippen molar-refractivity contribution in [3.8, 4) is 0 Å². The highest BCUT2D eigenvalue weighted by Crippen LogP contribution is 2.40. The average molecular weight is 411 g/mol. The molecule has 8 heteroatoms. The summed E-state index contributed by atoms with van der Waals surface area (Å²) < 4.78 is 7.13. The van der Waals surface area contributed by atoms with Crippen molar-refractivity contribution in [2.24, 2.45) is 10.2 Å². The monoisotopic (exact) mass is 410 g/mol.